The molecule has 96 valence electrons. The number of nitrogens with zero attached hydrogens (tertiary/aromatic N) is 1. The summed E-state index contributed by atoms with van der Waals surface area (Å²) in [6, 6.07) is 5.98. The lowest BCUT2D eigenvalue weighted by Gasteiger charge is -2.11. The van der Waals surface area contributed by atoms with Gasteiger partial charge in [-0.25, -0.2) is 4.98 Å². The number of imidazole rings is 1. The molecule has 1 aromatic carbocycles. The number of aromatic nitrogens is 2. The Balaban J connectivity index is 1.72. The first-order chi connectivity index (χ1) is 8.77. The minimum atomic E-state index is 0.820. The fourth-order valence-corrected chi connectivity index (χ4v) is 2.00. The van der Waals surface area contributed by atoms with Crippen molar-refractivity contribution >= 4 is 11.4 Å². The Hall–Kier alpha value is -1.97. The molecule has 18 heavy (non-hydrogen) atoms. The van der Waals surface area contributed by atoms with E-state index in [1.54, 1.807) is 6.20 Å². The van der Waals surface area contributed by atoms with Gasteiger partial charge in [-0.3, -0.25) is 0 Å². The number of H-pyrrole nitrogens is 1. The van der Waals surface area contributed by atoms with Gasteiger partial charge in [0, 0.05) is 25.4 Å². The molecule has 4 heteroatoms. The molecule has 0 aliphatic carbocycles. The van der Waals surface area contributed by atoms with Gasteiger partial charge in [-0.1, -0.05) is 12.1 Å². The highest BCUT2D eigenvalue weighted by atomic mass is 14.9. The minimum Gasteiger partial charge on any atom is -0.397 e. The standard InChI is InChI=1S/C14H20N4/c1-11-5-4-6-12(15)14(11)18-8-3-2-7-13-16-9-10-17-13/h4-6,9-10,18H,2-3,7-8,15H2,1H3,(H,16,17). The number of aryl methyl sites for hydroxylation is 2. The molecule has 0 aliphatic heterocycles. The van der Waals surface area contributed by atoms with Crippen LogP contribution in [-0.4, -0.2) is 16.5 Å². The van der Waals surface area contributed by atoms with Gasteiger partial charge in [0.15, 0.2) is 0 Å². The molecule has 0 saturated carbocycles. The molecule has 0 saturated heterocycles. The van der Waals surface area contributed by atoms with E-state index in [-0.39, 0.29) is 0 Å². The van der Waals surface area contributed by atoms with Crippen LogP contribution in [0.25, 0.3) is 0 Å². The van der Waals surface area contributed by atoms with Gasteiger partial charge in [-0.15, -0.1) is 0 Å². The van der Waals surface area contributed by atoms with E-state index >= 15 is 0 Å². The van der Waals surface area contributed by atoms with Crippen LogP contribution in [0, 0.1) is 6.92 Å². The van der Waals surface area contributed by atoms with Crippen molar-refractivity contribution in [1.29, 1.82) is 0 Å². The number of nitrogens with two attached hydrogens (primary N) is 1. The largest absolute Gasteiger partial charge is 0.397 e. The van der Waals surface area contributed by atoms with E-state index in [0.29, 0.717) is 0 Å². The summed E-state index contributed by atoms with van der Waals surface area (Å²) in [7, 11) is 0. The molecule has 0 atom stereocenters. The highest BCUT2D eigenvalue weighted by Gasteiger charge is 2.01. The fraction of sp³-hybridized carbons (Fsp3) is 0.357. The Bertz CT molecular complexity index is 456. The second kappa shape index (κ2) is 6.10. The summed E-state index contributed by atoms with van der Waals surface area (Å²) in [5, 5.41) is 3.41. The van der Waals surface area contributed by atoms with Crippen molar-refractivity contribution in [3.05, 3.63) is 42.0 Å². The van der Waals surface area contributed by atoms with Crippen molar-refractivity contribution in [1.82, 2.24) is 9.97 Å². The van der Waals surface area contributed by atoms with Gasteiger partial charge in [-0.2, -0.15) is 0 Å². The number of anilines is 2. The molecular formula is C14H20N4. The quantitative estimate of drug-likeness (QED) is 0.540. The molecule has 0 fully saturated rings. The minimum absolute atomic E-state index is 0.820. The third kappa shape index (κ3) is 3.26. The summed E-state index contributed by atoms with van der Waals surface area (Å²) < 4.78 is 0. The van der Waals surface area contributed by atoms with E-state index in [9.17, 15) is 0 Å². The zero-order chi connectivity index (χ0) is 12.8. The average Bonchev–Trinajstić information content (AvgIpc) is 2.85. The van der Waals surface area contributed by atoms with Gasteiger partial charge in [0.2, 0.25) is 0 Å². The number of nitrogen functional groups attached to an aromatic ring is 1. The Kier molecular flexibility index (Phi) is 4.23. The topological polar surface area (TPSA) is 66.7 Å². The van der Waals surface area contributed by atoms with Gasteiger partial charge < -0.3 is 16.0 Å². The molecule has 1 heterocycles. The van der Waals surface area contributed by atoms with Crippen molar-refractivity contribution < 1.29 is 0 Å². The maximum Gasteiger partial charge on any atom is 0.105 e. The Morgan fingerprint density at radius 2 is 2.22 bits per heavy atom. The summed E-state index contributed by atoms with van der Waals surface area (Å²) in [6.07, 6.45) is 6.88. The fourth-order valence-electron chi connectivity index (χ4n) is 2.00. The van der Waals surface area contributed by atoms with Crippen LogP contribution in [-0.2, 0) is 6.42 Å². The van der Waals surface area contributed by atoms with Crippen LogP contribution < -0.4 is 11.1 Å². The Morgan fingerprint density at radius 3 is 2.94 bits per heavy atom. The predicted octanol–water partition coefficient (Wildman–Crippen LogP) is 2.74. The molecular weight excluding hydrogens is 224 g/mol. The van der Waals surface area contributed by atoms with Gasteiger partial charge in [-0.05, 0) is 31.4 Å². The number of para-hydroxylation sites is 1. The molecule has 0 spiro atoms. The lowest BCUT2D eigenvalue weighted by atomic mass is 10.1. The number of aromatic amines is 1. The highest BCUT2D eigenvalue weighted by Crippen LogP contribution is 2.22. The van der Waals surface area contributed by atoms with E-state index < -0.39 is 0 Å². The normalized spacial score (nSPS) is 10.5. The third-order valence-corrected chi connectivity index (χ3v) is 3.00. The molecule has 4 nitrogen and oxygen atoms in total. The summed E-state index contributed by atoms with van der Waals surface area (Å²) in [6.45, 7) is 3.01. The van der Waals surface area contributed by atoms with Crippen molar-refractivity contribution in [3.63, 3.8) is 0 Å². The summed E-state index contributed by atoms with van der Waals surface area (Å²) in [4.78, 5) is 7.32. The molecule has 2 rings (SSSR count). The first-order valence-corrected chi connectivity index (χ1v) is 6.34. The first kappa shape index (κ1) is 12.5. The van der Waals surface area contributed by atoms with Crippen molar-refractivity contribution in [2.75, 3.05) is 17.6 Å². The number of hydrogen-bond donors (Lipinski definition) is 3. The van der Waals surface area contributed by atoms with Crippen LogP contribution in [0.15, 0.2) is 30.6 Å². The Labute approximate surface area is 108 Å². The smallest absolute Gasteiger partial charge is 0.105 e. The number of unbranched alkanes of at least 4 members (excludes halogenated alkanes) is 1. The monoisotopic (exact) mass is 244 g/mol. The molecule has 2 aromatic rings. The second-order valence-corrected chi connectivity index (χ2v) is 4.46. The third-order valence-electron chi connectivity index (χ3n) is 3.00. The van der Waals surface area contributed by atoms with Gasteiger partial charge in [0.05, 0.1) is 11.4 Å². The lowest BCUT2D eigenvalue weighted by Crippen LogP contribution is -2.06. The average molecular weight is 244 g/mol. The molecule has 0 amide bonds. The maximum absolute atomic E-state index is 5.94. The van der Waals surface area contributed by atoms with Gasteiger partial charge >= 0.3 is 0 Å². The van der Waals surface area contributed by atoms with Crippen LogP contribution in [0.5, 0.6) is 0 Å². The van der Waals surface area contributed by atoms with E-state index in [2.05, 4.69) is 28.3 Å². The van der Waals surface area contributed by atoms with E-state index in [1.165, 1.54) is 5.56 Å². The van der Waals surface area contributed by atoms with Crippen LogP contribution >= 0.6 is 0 Å². The van der Waals surface area contributed by atoms with Crippen molar-refractivity contribution in [2.45, 2.75) is 26.2 Å². The number of rotatable bonds is 6. The first-order valence-electron chi connectivity index (χ1n) is 6.34. The van der Waals surface area contributed by atoms with E-state index in [0.717, 1.165) is 43.0 Å². The summed E-state index contributed by atoms with van der Waals surface area (Å²) >= 11 is 0. The summed E-state index contributed by atoms with van der Waals surface area (Å²) in [5.74, 6) is 1.06. The molecule has 4 N–H and O–H groups in total. The van der Waals surface area contributed by atoms with Gasteiger partial charge in [0.25, 0.3) is 0 Å². The van der Waals surface area contributed by atoms with Crippen LogP contribution in [0.3, 0.4) is 0 Å². The zero-order valence-corrected chi connectivity index (χ0v) is 10.7. The molecule has 1 aromatic heterocycles. The van der Waals surface area contributed by atoms with Gasteiger partial charge in [0.1, 0.15) is 5.82 Å². The number of benzene rings is 1. The Morgan fingerprint density at radius 1 is 1.33 bits per heavy atom. The van der Waals surface area contributed by atoms with E-state index in [1.807, 2.05) is 18.3 Å². The van der Waals surface area contributed by atoms with Crippen LogP contribution in [0.2, 0.25) is 0 Å². The number of nitrogens with one attached hydrogen (secondary N) is 2. The molecule has 0 bridgehead atoms. The van der Waals surface area contributed by atoms with Crippen molar-refractivity contribution in [2.24, 2.45) is 0 Å². The highest BCUT2D eigenvalue weighted by molar-refractivity contribution is 5.69. The number of hydrogen-bond acceptors (Lipinski definition) is 3. The van der Waals surface area contributed by atoms with Crippen LogP contribution in [0.1, 0.15) is 24.2 Å². The SMILES string of the molecule is Cc1cccc(N)c1NCCCCc1ncc[nH]1. The predicted molar refractivity (Wildman–Crippen MR) is 75.6 cm³/mol. The second-order valence-electron chi connectivity index (χ2n) is 4.46. The zero-order valence-electron chi connectivity index (χ0n) is 10.7. The molecule has 0 unspecified atom stereocenters. The lowest BCUT2D eigenvalue weighted by molar-refractivity contribution is 0.737. The van der Waals surface area contributed by atoms with E-state index in [4.69, 9.17) is 5.73 Å². The summed E-state index contributed by atoms with van der Waals surface area (Å²) in [5.41, 5.74) is 9.02. The molecule has 0 aliphatic rings. The maximum atomic E-state index is 5.94. The van der Waals surface area contributed by atoms with Crippen molar-refractivity contribution in [3.8, 4) is 0 Å². The molecule has 0 radical (unpaired) electrons. The van der Waals surface area contributed by atoms with Crippen LogP contribution in [0.4, 0.5) is 11.4 Å².